The fraction of sp³-hybridized carbons (Fsp3) is 0.471. The first-order valence-electron chi connectivity index (χ1n) is 8.01. The molecule has 0 radical (unpaired) electrons. The van der Waals surface area contributed by atoms with Crippen molar-refractivity contribution in [1.29, 1.82) is 0 Å². The zero-order valence-corrected chi connectivity index (χ0v) is 12.5. The first kappa shape index (κ1) is 13.5. The summed E-state index contributed by atoms with van der Waals surface area (Å²) < 4.78 is 1.99. The molecule has 3 heterocycles. The Morgan fingerprint density at radius 3 is 3.00 bits per heavy atom. The van der Waals surface area contributed by atoms with E-state index in [1.54, 1.807) is 12.4 Å². The number of nitrogens with zero attached hydrogens (tertiary/aromatic N) is 4. The third-order valence-electron chi connectivity index (χ3n) is 4.83. The van der Waals surface area contributed by atoms with Gasteiger partial charge in [0.25, 0.3) is 0 Å². The first-order valence-corrected chi connectivity index (χ1v) is 8.01. The highest BCUT2D eigenvalue weighted by atomic mass is 16.2. The number of carbonyl (C=O) groups excluding carboxylic acids is 1. The van der Waals surface area contributed by atoms with Crippen molar-refractivity contribution in [2.45, 2.75) is 31.2 Å². The summed E-state index contributed by atoms with van der Waals surface area (Å²) in [6.07, 6.45) is 10.6. The average Bonchev–Trinajstić information content (AvgIpc) is 3.19. The molecule has 0 unspecified atom stereocenters. The molecule has 1 aliphatic carbocycles. The number of likely N-dealkylation sites (tertiary alicyclic amines) is 1. The minimum Gasteiger partial charge on any atom is -0.340 e. The van der Waals surface area contributed by atoms with E-state index in [1.165, 1.54) is 5.56 Å². The van der Waals surface area contributed by atoms with E-state index < -0.39 is 0 Å². The Morgan fingerprint density at radius 1 is 1.27 bits per heavy atom. The number of amides is 1. The highest BCUT2D eigenvalue weighted by molar-refractivity contribution is 5.83. The molecule has 5 nitrogen and oxygen atoms in total. The van der Waals surface area contributed by atoms with Gasteiger partial charge in [-0.3, -0.25) is 14.5 Å². The van der Waals surface area contributed by atoms with Crippen molar-refractivity contribution in [2.75, 3.05) is 13.1 Å². The molecule has 0 spiro atoms. The van der Waals surface area contributed by atoms with E-state index in [4.69, 9.17) is 0 Å². The SMILES string of the molecule is O=C([C@@H]1C[C@@H]1c1cccnc1)N1CCC[C@@H](n2cccn2)C1. The van der Waals surface area contributed by atoms with Crippen molar-refractivity contribution in [1.82, 2.24) is 19.7 Å². The van der Waals surface area contributed by atoms with Crippen LogP contribution in [0.1, 0.15) is 36.8 Å². The van der Waals surface area contributed by atoms with E-state index in [2.05, 4.69) is 16.1 Å². The lowest BCUT2D eigenvalue weighted by atomic mass is 10.0. The van der Waals surface area contributed by atoms with E-state index in [0.29, 0.717) is 17.9 Å². The Morgan fingerprint density at radius 2 is 2.23 bits per heavy atom. The number of carbonyl (C=O) groups is 1. The van der Waals surface area contributed by atoms with Crippen LogP contribution < -0.4 is 0 Å². The monoisotopic (exact) mass is 296 g/mol. The second-order valence-electron chi connectivity index (χ2n) is 6.30. The zero-order valence-electron chi connectivity index (χ0n) is 12.5. The third kappa shape index (κ3) is 2.51. The maximum absolute atomic E-state index is 12.7. The van der Waals surface area contributed by atoms with Crippen molar-refractivity contribution >= 4 is 5.91 Å². The summed E-state index contributed by atoms with van der Waals surface area (Å²) in [7, 11) is 0. The van der Waals surface area contributed by atoms with Crippen molar-refractivity contribution in [3.63, 3.8) is 0 Å². The quantitative estimate of drug-likeness (QED) is 0.873. The van der Waals surface area contributed by atoms with E-state index in [0.717, 1.165) is 32.4 Å². The molecule has 5 heteroatoms. The van der Waals surface area contributed by atoms with E-state index in [-0.39, 0.29) is 5.92 Å². The molecule has 1 aliphatic heterocycles. The topological polar surface area (TPSA) is 51.0 Å². The van der Waals surface area contributed by atoms with Crippen molar-refractivity contribution in [3.8, 4) is 0 Å². The van der Waals surface area contributed by atoms with Crippen LogP contribution in [0.3, 0.4) is 0 Å². The van der Waals surface area contributed by atoms with Gasteiger partial charge in [-0.05, 0) is 42.9 Å². The largest absolute Gasteiger partial charge is 0.340 e. The first-order chi connectivity index (χ1) is 10.8. The molecule has 2 aromatic rings. The number of rotatable bonds is 3. The molecule has 3 atom stereocenters. The molecule has 0 aromatic carbocycles. The van der Waals surface area contributed by atoms with Gasteiger partial charge in [-0.2, -0.15) is 5.10 Å². The number of pyridine rings is 1. The highest BCUT2D eigenvalue weighted by Gasteiger charge is 2.46. The van der Waals surface area contributed by atoms with Gasteiger partial charge in [-0.15, -0.1) is 0 Å². The minimum atomic E-state index is 0.153. The summed E-state index contributed by atoms with van der Waals surface area (Å²) in [5.41, 5.74) is 1.20. The van der Waals surface area contributed by atoms with Gasteiger partial charge >= 0.3 is 0 Å². The molecule has 114 valence electrons. The van der Waals surface area contributed by atoms with Crippen LogP contribution in [0, 0.1) is 5.92 Å². The van der Waals surface area contributed by atoms with Gasteiger partial charge in [0.05, 0.1) is 6.04 Å². The highest BCUT2D eigenvalue weighted by Crippen LogP contribution is 2.48. The standard InChI is InChI=1S/C17H20N4O/c22-17(16-10-15(16)13-4-1-6-18-11-13)20-8-2-5-14(12-20)21-9-3-7-19-21/h1,3-4,6-7,9,11,14-16H,2,5,8,10,12H2/t14-,15-,16-/m1/s1. The summed E-state index contributed by atoms with van der Waals surface area (Å²) in [5, 5.41) is 4.33. The van der Waals surface area contributed by atoms with Crippen molar-refractivity contribution < 1.29 is 4.79 Å². The van der Waals surface area contributed by atoms with Gasteiger partial charge < -0.3 is 4.90 Å². The fourth-order valence-electron chi connectivity index (χ4n) is 3.53. The molecule has 4 rings (SSSR count). The molecule has 2 fully saturated rings. The lowest BCUT2D eigenvalue weighted by molar-refractivity contribution is -0.134. The van der Waals surface area contributed by atoms with Crippen LogP contribution in [0.25, 0.3) is 0 Å². The van der Waals surface area contributed by atoms with Gasteiger partial charge in [-0.25, -0.2) is 0 Å². The predicted molar refractivity (Wildman–Crippen MR) is 82.2 cm³/mol. The molecule has 0 N–H and O–H groups in total. The van der Waals surface area contributed by atoms with Gasteiger partial charge in [0.2, 0.25) is 5.91 Å². The molecule has 2 aromatic heterocycles. The third-order valence-corrected chi connectivity index (χ3v) is 4.83. The molecule has 1 saturated heterocycles. The Balaban J connectivity index is 1.41. The van der Waals surface area contributed by atoms with Crippen LogP contribution in [-0.2, 0) is 4.79 Å². The molecule has 0 bridgehead atoms. The summed E-state index contributed by atoms with van der Waals surface area (Å²) >= 11 is 0. The predicted octanol–water partition coefficient (Wildman–Crippen LogP) is 2.25. The minimum absolute atomic E-state index is 0.153. The van der Waals surface area contributed by atoms with Gasteiger partial charge in [0.1, 0.15) is 0 Å². The maximum atomic E-state index is 12.7. The Bertz CT molecular complexity index is 640. The van der Waals surface area contributed by atoms with E-state index >= 15 is 0 Å². The lowest BCUT2D eigenvalue weighted by Crippen LogP contribution is -2.41. The average molecular weight is 296 g/mol. The van der Waals surface area contributed by atoms with Crippen LogP contribution in [0.4, 0.5) is 0 Å². The maximum Gasteiger partial charge on any atom is 0.226 e. The van der Waals surface area contributed by atoms with Crippen molar-refractivity contribution in [3.05, 3.63) is 48.5 Å². The van der Waals surface area contributed by atoms with Gasteiger partial charge in [0, 0.05) is 43.8 Å². The second kappa shape index (κ2) is 5.55. The number of aromatic nitrogens is 3. The second-order valence-corrected chi connectivity index (χ2v) is 6.30. The van der Waals surface area contributed by atoms with E-state index in [1.807, 2.05) is 34.1 Å². The summed E-state index contributed by atoms with van der Waals surface area (Å²) in [5.74, 6) is 0.831. The summed E-state index contributed by atoms with van der Waals surface area (Å²) in [4.78, 5) is 18.9. The number of hydrogen-bond donors (Lipinski definition) is 0. The number of hydrogen-bond acceptors (Lipinski definition) is 3. The van der Waals surface area contributed by atoms with Gasteiger partial charge in [0.15, 0.2) is 0 Å². The van der Waals surface area contributed by atoms with Crippen LogP contribution in [0.2, 0.25) is 0 Å². The van der Waals surface area contributed by atoms with Crippen molar-refractivity contribution in [2.24, 2.45) is 5.92 Å². The molecule has 1 saturated carbocycles. The molecule has 22 heavy (non-hydrogen) atoms. The van der Waals surface area contributed by atoms with Crippen LogP contribution in [0.15, 0.2) is 43.0 Å². The van der Waals surface area contributed by atoms with Crippen LogP contribution in [0.5, 0.6) is 0 Å². The van der Waals surface area contributed by atoms with Crippen LogP contribution >= 0.6 is 0 Å². The molecule has 1 amide bonds. The Labute approximate surface area is 130 Å². The smallest absolute Gasteiger partial charge is 0.226 e. The Hall–Kier alpha value is -2.17. The number of piperidine rings is 1. The van der Waals surface area contributed by atoms with Crippen LogP contribution in [-0.4, -0.2) is 38.7 Å². The lowest BCUT2D eigenvalue weighted by Gasteiger charge is -2.33. The zero-order chi connectivity index (χ0) is 14.9. The Kier molecular flexibility index (Phi) is 3.41. The molecular weight excluding hydrogens is 276 g/mol. The molecular formula is C17H20N4O. The summed E-state index contributed by atoms with van der Waals surface area (Å²) in [6.45, 7) is 1.67. The molecule has 2 aliphatic rings. The fourth-order valence-corrected chi connectivity index (χ4v) is 3.53. The van der Waals surface area contributed by atoms with E-state index in [9.17, 15) is 4.79 Å². The normalized spacial score (nSPS) is 27.6. The summed E-state index contributed by atoms with van der Waals surface area (Å²) in [6, 6.07) is 6.29. The van der Waals surface area contributed by atoms with Gasteiger partial charge in [-0.1, -0.05) is 6.07 Å².